The Bertz CT molecular complexity index is 137. The van der Waals surface area contributed by atoms with Crippen LogP contribution in [0.2, 0.25) is 0 Å². The van der Waals surface area contributed by atoms with Crippen LogP contribution in [0.4, 0.5) is 0 Å². The van der Waals surface area contributed by atoms with E-state index >= 15 is 0 Å². The summed E-state index contributed by atoms with van der Waals surface area (Å²) in [5, 5.41) is 11.9. The van der Waals surface area contributed by atoms with Crippen LogP contribution in [0, 0.1) is 0 Å². The molecule has 0 saturated carbocycles. The number of primary amides is 1. The molecule has 12 heavy (non-hydrogen) atoms. The first-order valence-corrected chi connectivity index (χ1v) is 4.28. The Morgan fingerprint density at radius 3 is 2.58 bits per heavy atom. The van der Waals surface area contributed by atoms with Crippen LogP contribution in [0.1, 0.15) is 26.7 Å². The number of nitrogens with two attached hydrogens (primary N) is 1. The van der Waals surface area contributed by atoms with Gasteiger partial charge in [-0.25, -0.2) is 0 Å². The summed E-state index contributed by atoms with van der Waals surface area (Å²) in [5.74, 6) is -0.330. The molecular formula is C8H18N2O2. The Labute approximate surface area is 73.1 Å². The van der Waals surface area contributed by atoms with Crippen LogP contribution in [0.3, 0.4) is 0 Å². The molecule has 0 rings (SSSR count). The largest absolute Gasteiger partial charge is 0.393 e. The smallest absolute Gasteiger partial charge is 0.234 e. The van der Waals surface area contributed by atoms with E-state index in [1.54, 1.807) is 6.92 Å². The van der Waals surface area contributed by atoms with Gasteiger partial charge in [0.1, 0.15) is 0 Å². The SMILES string of the molecule is CCC(NCCC(C)O)C(N)=O. The zero-order chi connectivity index (χ0) is 9.56. The Morgan fingerprint density at radius 1 is 1.67 bits per heavy atom. The minimum atomic E-state index is -0.331. The molecular weight excluding hydrogens is 156 g/mol. The molecule has 1 amide bonds. The van der Waals surface area contributed by atoms with Crippen LogP contribution in [-0.2, 0) is 4.79 Å². The van der Waals surface area contributed by atoms with Crippen molar-refractivity contribution in [3.05, 3.63) is 0 Å². The van der Waals surface area contributed by atoms with Gasteiger partial charge in [0.15, 0.2) is 0 Å². The Morgan fingerprint density at radius 2 is 2.25 bits per heavy atom. The molecule has 0 spiro atoms. The zero-order valence-corrected chi connectivity index (χ0v) is 7.71. The summed E-state index contributed by atoms with van der Waals surface area (Å²) in [5.41, 5.74) is 5.10. The standard InChI is InChI=1S/C8H18N2O2/c1-3-7(8(9)12)10-5-4-6(2)11/h6-7,10-11H,3-5H2,1-2H3,(H2,9,12). The monoisotopic (exact) mass is 174 g/mol. The molecule has 4 heteroatoms. The maximum absolute atomic E-state index is 10.7. The molecule has 0 aliphatic carbocycles. The average Bonchev–Trinajstić information content (AvgIpc) is 1.96. The molecule has 0 saturated heterocycles. The highest BCUT2D eigenvalue weighted by atomic mass is 16.3. The number of aliphatic hydroxyl groups is 1. The first-order valence-electron chi connectivity index (χ1n) is 4.28. The van der Waals surface area contributed by atoms with Crippen molar-refractivity contribution in [2.75, 3.05) is 6.54 Å². The molecule has 0 aliphatic heterocycles. The van der Waals surface area contributed by atoms with Crippen LogP contribution in [-0.4, -0.2) is 29.7 Å². The summed E-state index contributed by atoms with van der Waals surface area (Å²) in [6, 6.07) is -0.260. The summed E-state index contributed by atoms with van der Waals surface area (Å²) in [4.78, 5) is 10.7. The van der Waals surface area contributed by atoms with Gasteiger partial charge in [0.05, 0.1) is 12.1 Å². The quantitative estimate of drug-likeness (QED) is 0.513. The van der Waals surface area contributed by atoms with Crippen molar-refractivity contribution in [1.29, 1.82) is 0 Å². The highest BCUT2D eigenvalue weighted by Gasteiger charge is 2.10. The van der Waals surface area contributed by atoms with Gasteiger partial charge in [-0.05, 0) is 26.3 Å². The molecule has 72 valence electrons. The van der Waals surface area contributed by atoms with Crippen LogP contribution in [0.25, 0.3) is 0 Å². The summed E-state index contributed by atoms with van der Waals surface area (Å²) in [6.07, 6.45) is 1.00. The number of carbonyl (C=O) groups excluding carboxylic acids is 1. The van der Waals surface area contributed by atoms with Gasteiger partial charge in [-0.2, -0.15) is 0 Å². The second-order valence-electron chi connectivity index (χ2n) is 2.96. The Balaban J connectivity index is 3.52. The summed E-state index contributed by atoms with van der Waals surface area (Å²) in [7, 11) is 0. The average molecular weight is 174 g/mol. The highest BCUT2D eigenvalue weighted by Crippen LogP contribution is 1.91. The van der Waals surface area contributed by atoms with Crippen molar-refractivity contribution in [1.82, 2.24) is 5.32 Å². The van der Waals surface area contributed by atoms with Gasteiger partial charge in [-0.3, -0.25) is 4.79 Å². The molecule has 2 unspecified atom stereocenters. The first-order chi connectivity index (χ1) is 5.57. The third-order valence-corrected chi connectivity index (χ3v) is 1.70. The molecule has 0 radical (unpaired) electrons. The molecule has 0 aliphatic rings. The minimum Gasteiger partial charge on any atom is -0.393 e. The van der Waals surface area contributed by atoms with E-state index < -0.39 is 0 Å². The minimum absolute atomic E-state index is 0.260. The van der Waals surface area contributed by atoms with Gasteiger partial charge in [-0.1, -0.05) is 6.92 Å². The van der Waals surface area contributed by atoms with Gasteiger partial charge in [-0.15, -0.1) is 0 Å². The molecule has 4 N–H and O–H groups in total. The lowest BCUT2D eigenvalue weighted by Crippen LogP contribution is -2.41. The van der Waals surface area contributed by atoms with Crippen molar-refractivity contribution in [2.24, 2.45) is 5.73 Å². The van der Waals surface area contributed by atoms with E-state index in [2.05, 4.69) is 5.32 Å². The predicted octanol–water partition coefficient (Wildman–Crippen LogP) is -0.389. The number of amides is 1. The van der Waals surface area contributed by atoms with Crippen molar-refractivity contribution < 1.29 is 9.90 Å². The van der Waals surface area contributed by atoms with E-state index in [1.165, 1.54) is 0 Å². The topological polar surface area (TPSA) is 75.3 Å². The lowest BCUT2D eigenvalue weighted by molar-refractivity contribution is -0.120. The van der Waals surface area contributed by atoms with E-state index in [4.69, 9.17) is 10.8 Å². The first kappa shape index (κ1) is 11.4. The second kappa shape index (κ2) is 5.97. The fourth-order valence-electron chi connectivity index (χ4n) is 0.913. The van der Waals surface area contributed by atoms with Crippen LogP contribution in [0.5, 0.6) is 0 Å². The molecule has 0 aromatic rings. The summed E-state index contributed by atoms with van der Waals surface area (Å²) in [6.45, 7) is 4.23. The van der Waals surface area contributed by atoms with Crippen LogP contribution >= 0.6 is 0 Å². The third kappa shape index (κ3) is 5.09. The lowest BCUT2D eigenvalue weighted by atomic mass is 10.2. The van der Waals surface area contributed by atoms with Crippen LogP contribution < -0.4 is 11.1 Å². The molecule has 0 aromatic carbocycles. The number of aliphatic hydroxyl groups excluding tert-OH is 1. The summed E-state index contributed by atoms with van der Waals surface area (Å²) >= 11 is 0. The van der Waals surface area contributed by atoms with E-state index in [-0.39, 0.29) is 18.1 Å². The fourth-order valence-corrected chi connectivity index (χ4v) is 0.913. The van der Waals surface area contributed by atoms with E-state index in [1.807, 2.05) is 6.92 Å². The lowest BCUT2D eigenvalue weighted by Gasteiger charge is -2.13. The molecule has 0 bridgehead atoms. The fraction of sp³-hybridized carbons (Fsp3) is 0.875. The number of nitrogens with one attached hydrogen (secondary N) is 1. The molecule has 2 atom stereocenters. The van der Waals surface area contributed by atoms with Gasteiger partial charge in [0, 0.05) is 0 Å². The van der Waals surface area contributed by atoms with Gasteiger partial charge >= 0.3 is 0 Å². The third-order valence-electron chi connectivity index (χ3n) is 1.70. The number of rotatable bonds is 6. The van der Waals surface area contributed by atoms with E-state index in [9.17, 15) is 4.79 Å². The van der Waals surface area contributed by atoms with Crippen LogP contribution in [0.15, 0.2) is 0 Å². The van der Waals surface area contributed by atoms with Gasteiger partial charge in [0.25, 0.3) is 0 Å². The Hall–Kier alpha value is -0.610. The highest BCUT2D eigenvalue weighted by molar-refractivity contribution is 5.79. The maximum Gasteiger partial charge on any atom is 0.234 e. The van der Waals surface area contributed by atoms with E-state index in [0.29, 0.717) is 19.4 Å². The molecule has 0 aromatic heterocycles. The predicted molar refractivity (Wildman–Crippen MR) is 47.6 cm³/mol. The van der Waals surface area contributed by atoms with Crippen molar-refractivity contribution in [2.45, 2.75) is 38.8 Å². The van der Waals surface area contributed by atoms with E-state index in [0.717, 1.165) is 0 Å². The summed E-state index contributed by atoms with van der Waals surface area (Å²) < 4.78 is 0. The zero-order valence-electron chi connectivity index (χ0n) is 7.71. The normalized spacial score (nSPS) is 15.6. The molecule has 4 nitrogen and oxygen atoms in total. The van der Waals surface area contributed by atoms with Gasteiger partial charge < -0.3 is 16.2 Å². The Kier molecular flexibility index (Phi) is 5.66. The number of carbonyl (C=O) groups is 1. The van der Waals surface area contributed by atoms with Crippen molar-refractivity contribution >= 4 is 5.91 Å². The van der Waals surface area contributed by atoms with Crippen molar-refractivity contribution in [3.63, 3.8) is 0 Å². The van der Waals surface area contributed by atoms with Gasteiger partial charge in [0.2, 0.25) is 5.91 Å². The van der Waals surface area contributed by atoms with Crippen molar-refractivity contribution in [3.8, 4) is 0 Å². The molecule has 0 heterocycles. The maximum atomic E-state index is 10.7. The number of hydrogen-bond donors (Lipinski definition) is 3. The molecule has 0 fully saturated rings. The second-order valence-corrected chi connectivity index (χ2v) is 2.96. The number of hydrogen-bond acceptors (Lipinski definition) is 3.